The molecular weight excluding hydrogens is 328 g/mol. The maximum Gasteiger partial charge on any atom is 0.225 e. The molecule has 0 saturated carbocycles. The Labute approximate surface area is 157 Å². The molecule has 0 spiro atoms. The maximum absolute atomic E-state index is 12.4. The van der Waals surface area contributed by atoms with Crippen LogP contribution in [0.1, 0.15) is 52.4 Å². The molecule has 1 saturated heterocycles. The Kier molecular flexibility index (Phi) is 8.45. The minimum Gasteiger partial charge on any atom is -0.494 e. The van der Waals surface area contributed by atoms with E-state index in [1.807, 2.05) is 35.2 Å². The van der Waals surface area contributed by atoms with Crippen LogP contribution in [0, 0.1) is 5.92 Å². The maximum atomic E-state index is 12.4. The molecular formula is C21H32N2O3. The standard InChI is InChI=1S/C21H32N2O3/c1-3-17(4-2)21(25)23-14-12-18(13-15-23)22-20(24)11-8-16-26-19-9-6-5-7-10-19/h5-7,9-10,17-18H,3-4,8,11-16H2,1-2H3,(H,22,24). The van der Waals surface area contributed by atoms with Gasteiger partial charge in [-0.25, -0.2) is 0 Å². The van der Waals surface area contributed by atoms with Crippen LogP contribution in [-0.2, 0) is 9.59 Å². The van der Waals surface area contributed by atoms with E-state index in [-0.39, 0.29) is 23.8 Å². The average Bonchev–Trinajstić information content (AvgIpc) is 2.67. The lowest BCUT2D eigenvalue weighted by Gasteiger charge is -2.34. The fourth-order valence-corrected chi connectivity index (χ4v) is 3.38. The summed E-state index contributed by atoms with van der Waals surface area (Å²) in [5.74, 6) is 1.33. The second-order valence-electron chi connectivity index (χ2n) is 6.95. The number of carbonyl (C=O) groups excluding carboxylic acids is 2. The molecule has 1 aliphatic heterocycles. The van der Waals surface area contributed by atoms with Crippen LogP contribution in [0.4, 0.5) is 0 Å². The van der Waals surface area contributed by atoms with Gasteiger partial charge in [-0.3, -0.25) is 9.59 Å². The van der Waals surface area contributed by atoms with E-state index in [9.17, 15) is 9.59 Å². The Morgan fingerprint density at radius 1 is 1.15 bits per heavy atom. The van der Waals surface area contributed by atoms with Gasteiger partial charge in [-0.15, -0.1) is 0 Å². The molecule has 144 valence electrons. The third-order valence-electron chi connectivity index (χ3n) is 5.07. The van der Waals surface area contributed by atoms with E-state index in [1.54, 1.807) is 0 Å². The largest absolute Gasteiger partial charge is 0.494 e. The molecule has 0 aromatic heterocycles. The van der Waals surface area contributed by atoms with Crippen LogP contribution in [0.3, 0.4) is 0 Å². The van der Waals surface area contributed by atoms with Gasteiger partial charge >= 0.3 is 0 Å². The number of hydrogen-bond donors (Lipinski definition) is 1. The summed E-state index contributed by atoms with van der Waals surface area (Å²) in [6, 6.07) is 9.82. The van der Waals surface area contributed by atoms with Gasteiger partial charge < -0.3 is 15.0 Å². The highest BCUT2D eigenvalue weighted by molar-refractivity contribution is 5.79. The molecule has 0 aliphatic carbocycles. The summed E-state index contributed by atoms with van der Waals surface area (Å²) in [7, 11) is 0. The van der Waals surface area contributed by atoms with Gasteiger partial charge in [0.2, 0.25) is 11.8 Å². The molecule has 1 aliphatic rings. The lowest BCUT2D eigenvalue weighted by molar-refractivity contribution is -0.137. The minimum absolute atomic E-state index is 0.0754. The predicted octanol–water partition coefficient (Wildman–Crippen LogP) is 3.39. The van der Waals surface area contributed by atoms with E-state index in [0.29, 0.717) is 19.4 Å². The molecule has 5 nitrogen and oxygen atoms in total. The summed E-state index contributed by atoms with van der Waals surface area (Å²) in [6.45, 7) is 6.18. The van der Waals surface area contributed by atoms with Crippen molar-refractivity contribution in [2.24, 2.45) is 5.92 Å². The van der Waals surface area contributed by atoms with Crippen molar-refractivity contribution in [3.63, 3.8) is 0 Å². The highest BCUT2D eigenvalue weighted by Gasteiger charge is 2.26. The number of piperidine rings is 1. The highest BCUT2D eigenvalue weighted by atomic mass is 16.5. The van der Waals surface area contributed by atoms with Gasteiger partial charge in [0.1, 0.15) is 5.75 Å². The highest BCUT2D eigenvalue weighted by Crippen LogP contribution is 2.17. The molecule has 26 heavy (non-hydrogen) atoms. The van der Waals surface area contributed by atoms with Crippen LogP contribution in [0.25, 0.3) is 0 Å². The first kappa shape index (κ1) is 20.3. The Morgan fingerprint density at radius 2 is 1.81 bits per heavy atom. The number of ether oxygens (including phenoxy) is 1. The molecule has 0 unspecified atom stereocenters. The lowest BCUT2D eigenvalue weighted by atomic mass is 9.98. The van der Waals surface area contributed by atoms with Crippen LogP contribution in [0.5, 0.6) is 5.75 Å². The quantitative estimate of drug-likeness (QED) is 0.687. The van der Waals surface area contributed by atoms with Crippen LogP contribution in [0.15, 0.2) is 30.3 Å². The molecule has 5 heteroatoms. The number of rotatable bonds is 9. The molecule has 1 N–H and O–H groups in total. The summed E-state index contributed by atoms with van der Waals surface area (Å²) >= 11 is 0. The summed E-state index contributed by atoms with van der Waals surface area (Å²) in [5, 5.41) is 3.10. The topological polar surface area (TPSA) is 58.6 Å². The van der Waals surface area contributed by atoms with E-state index < -0.39 is 0 Å². The molecule has 1 aromatic rings. The molecule has 2 amide bonds. The predicted molar refractivity (Wildman–Crippen MR) is 103 cm³/mol. The van der Waals surface area contributed by atoms with Crippen molar-refractivity contribution in [1.82, 2.24) is 10.2 Å². The van der Waals surface area contributed by atoms with Crippen molar-refractivity contribution in [1.29, 1.82) is 0 Å². The van der Waals surface area contributed by atoms with Crippen LogP contribution < -0.4 is 10.1 Å². The average molecular weight is 360 g/mol. The lowest BCUT2D eigenvalue weighted by Crippen LogP contribution is -2.48. The Balaban J connectivity index is 1.61. The fraction of sp³-hybridized carbons (Fsp3) is 0.619. The molecule has 0 atom stereocenters. The van der Waals surface area contributed by atoms with Crippen molar-refractivity contribution in [3.8, 4) is 5.75 Å². The van der Waals surface area contributed by atoms with E-state index in [2.05, 4.69) is 19.2 Å². The first-order valence-electron chi connectivity index (χ1n) is 9.90. The number of hydrogen-bond acceptors (Lipinski definition) is 3. The molecule has 0 radical (unpaired) electrons. The number of likely N-dealkylation sites (tertiary alicyclic amines) is 1. The Hall–Kier alpha value is -2.04. The summed E-state index contributed by atoms with van der Waals surface area (Å²) in [4.78, 5) is 26.5. The Morgan fingerprint density at radius 3 is 2.42 bits per heavy atom. The summed E-state index contributed by atoms with van der Waals surface area (Å²) in [5.41, 5.74) is 0. The number of nitrogens with one attached hydrogen (secondary N) is 1. The SMILES string of the molecule is CCC(CC)C(=O)N1CCC(NC(=O)CCCOc2ccccc2)CC1. The molecule has 1 aromatic carbocycles. The smallest absolute Gasteiger partial charge is 0.225 e. The van der Waals surface area contributed by atoms with E-state index in [4.69, 9.17) is 4.74 Å². The normalized spacial score (nSPS) is 15.1. The van der Waals surface area contributed by atoms with Crippen molar-refractivity contribution >= 4 is 11.8 Å². The molecule has 1 fully saturated rings. The van der Waals surface area contributed by atoms with Gasteiger partial charge in [0, 0.05) is 31.5 Å². The zero-order chi connectivity index (χ0) is 18.8. The number of benzene rings is 1. The number of nitrogens with zero attached hydrogens (tertiary/aromatic N) is 1. The van der Waals surface area contributed by atoms with Crippen molar-refractivity contribution in [2.45, 2.75) is 58.4 Å². The molecule has 1 heterocycles. The number of amides is 2. The van der Waals surface area contributed by atoms with Crippen molar-refractivity contribution in [2.75, 3.05) is 19.7 Å². The zero-order valence-corrected chi connectivity index (χ0v) is 16.1. The van der Waals surface area contributed by atoms with E-state index in [0.717, 1.165) is 44.5 Å². The number of carbonyl (C=O) groups is 2. The number of para-hydroxylation sites is 1. The van der Waals surface area contributed by atoms with E-state index >= 15 is 0 Å². The zero-order valence-electron chi connectivity index (χ0n) is 16.1. The summed E-state index contributed by atoms with van der Waals surface area (Å²) in [6.07, 6.45) is 4.66. The van der Waals surface area contributed by atoms with Crippen LogP contribution in [0.2, 0.25) is 0 Å². The van der Waals surface area contributed by atoms with Gasteiger partial charge in [0.15, 0.2) is 0 Å². The first-order valence-corrected chi connectivity index (χ1v) is 9.90. The monoisotopic (exact) mass is 360 g/mol. The molecule has 2 rings (SSSR count). The fourth-order valence-electron chi connectivity index (χ4n) is 3.38. The second kappa shape index (κ2) is 10.8. The van der Waals surface area contributed by atoms with Gasteiger partial charge in [-0.2, -0.15) is 0 Å². The van der Waals surface area contributed by atoms with Crippen LogP contribution in [-0.4, -0.2) is 42.5 Å². The van der Waals surface area contributed by atoms with Gasteiger partial charge in [0.25, 0.3) is 0 Å². The third-order valence-corrected chi connectivity index (χ3v) is 5.07. The van der Waals surface area contributed by atoms with Crippen molar-refractivity contribution in [3.05, 3.63) is 30.3 Å². The summed E-state index contributed by atoms with van der Waals surface area (Å²) < 4.78 is 5.61. The minimum atomic E-state index is 0.0754. The first-order chi connectivity index (χ1) is 12.6. The third kappa shape index (κ3) is 6.36. The second-order valence-corrected chi connectivity index (χ2v) is 6.95. The van der Waals surface area contributed by atoms with E-state index in [1.165, 1.54) is 0 Å². The molecule has 0 bridgehead atoms. The van der Waals surface area contributed by atoms with Crippen LogP contribution >= 0.6 is 0 Å². The Bertz CT molecular complexity index is 550. The van der Waals surface area contributed by atoms with Gasteiger partial charge in [0.05, 0.1) is 6.61 Å². The van der Waals surface area contributed by atoms with Crippen molar-refractivity contribution < 1.29 is 14.3 Å². The van der Waals surface area contributed by atoms with Gasteiger partial charge in [-0.1, -0.05) is 32.0 Å². The van der Waals surface area contributed by atoms with Gasteiger partial charge in [-0.05, 0) is 44.2 Å².